The molecule has 0 radical (unpaired) electrons. The van der Waals surface area contributed by atoms with Crippen molar-refractivity contribution in [3.8, 4) is 0 Å². The van der Waals surface area contributed by atoms with E-state index in [2.05, 4.69) is 30.3 Å². The van der Waals surface area contributed by atoms with E-state index in [0.29, 0.717) is 0 Å². The number of hydrogen-bond donors (Lipinski definition) is 1. The first-order chi connectivity index (χ1) is 6.38. The first-order valence-electron chi connectivity index (χ1n) is 4.66. The van der Waals surface area contributed by atoms with Crippen molar-refractivity contribution in [3.05, 3.63) is 33.9 Å². The van der Waals surface area contributed by atoms with Gasteiger partial charge in [0, 0.05) is 0 Å². The fourth-order valence-electron chi connectivity index (χ4n) is 1.54. The van der Waals surface area contributed by atoms with Gasteiger partial charge in [-0.25, -0.2) is 0 Å². The van der Waals surface area contributed by atoms with Crippen LogP contribution in [-0.2, 0) is 0 Å². The van der Waals surface area contributed by atoms with Crippen molar-refractivity contribution in [1.29, 1.82) is 5.41 Å². The second-order valence-electron chi connectivity index (χ2n) is 3.21. The molecule has 1 aliphatic rings. The quantitative estimate of drug-likeness (QED) is 0.603. The van der Waals surface area contributed by atoms with Gasteiger partial charge in [-0.15, -0.1) is 0 Å². The summed E-state index contributed by atoms with van der Waals surface area (Å²) in [4.78, 5) is 0. The number of alkyl halides is 1. The van der Waals surface area contributed by atoms with Crippen LogP contribution in [0.3, 0.4) is 0 Å². The molecular weight excluding hydrogens is 273 g/mol. The van der Waals surface area contributed by atoms with Gasteiger partial charge in [-0.2, -0.15) is 0 Å². The SMILES string of the molecule is N=C1CCCCI1c1ccccc1. The molecule has 1 heterocycles. The molecule has 0 spiro atoms. The molecule has 0 amide bonds. The maximum atomic E-state index is 7.95. The van der Waals surface area contributed by atoms with Crippen LogP contribution in [0.5, 0.6) is 0 Å². The second-order valence-corrected chi connectivity index (χ2v) is 8.90. The molecule has 1 nitrogen and oxygen atoms in total. The van der Waals surface area contributed by atoms with Crippen LogP contribution in [0.25, 0.3) is 0 Å². The van der Waals surface area contributed by atoms with Crippen LogP contribution < -0.4 is 0 Å². The van der Waals surface area contributed by atoms with Gasteiger partial charge in [0.15, 0.2) is 0 Å². The van der Waals surface area contributed by atoms with Gasteiger partial charge in [-0.05, 0) is 0 Å². The van der Waals surface area contributed by atoms with Crippen molar-refractivity contribution in [1.82, 2.24) is 0 Å². The van der Waals surface area contributed by atoms with E-state index in [0.717, 1.165) is 10.1 Å². The Bertz CT molecular complexity index is 294. The molecule has 13 heavy (non-hydrogen) atoms. The molecule has 0 aliphatic carbocycles. The molecule has 1 fully saturated rings. The van der Waals surface area contributed by atoms with Crippen molar-refractivity contribution in [3.63, 3.8) is 0 Å². The van der Waals surface area contributed by atoms with E-state index >= 15 is 0 Å². The molecule has 0 bridgehead atoms. The zero-order chi connectivity index (χ0) is 9.10. The Morgan fingerprint density at radius 2 is 1.85 bits per heavy atom. The molecule has 0 aromatic heterocycles. The van der Waals surface area contributed by atoms with Gasteiger partial charge < -0.3 is 0 Å². The number of halogens is 1. The summed E-state index contributed by atoms with van der Waals surface area (Å²) in [6, 6.07) is 10.7. The summed E-state index contributed by atoms with van der Waals surface area (Å²) in [5.41, 5.74) is 0. The topological polar surface area (TPSA) is 23.9 Å². The zero-order valence-corrected chi connectivity index (χ0v) is 9.75. The molecule has 1 N–H and O–H groups in total. The van der Waals surface area contributed by atoms with E-state index in [1.807, 2.05) is 0 Å². The van der Waals surface area contributed by atoms with Gasteiger partial charge in [0.25, 0.3) is 0 Å². The Morgan fingerprint density at radius 3 is 2.54 bits per heavy atom. The van der Waals surface area contributed by atoms with E-state index < -0.39 is 19.8 Å². The molecule has 70 valence electrons. The van der Waals surface area contributed by atoms with Gasteiger partial charge >= 0.3 is 86.5 Å². The standard InChI is InChI=1S/C11H14IN/c13-11-8-4-5-9-12(11)10-6-2-1-3-7-10/h1-3,6-7,13H,4-5,8-9H2. The van der Waals surface area contributed by atoms with Crippen LogP contribution in [0.4, 0.5) is 0 Å². The first-order valence-corrected chi connectivity index (χ1v) is 8.34. The minimum absolute atomic E-state index is 1.07. The molecule has 2 rings (SSSR count). The van der Waals surface area contributed by atoms with Gasteiger partial charge in [0.05, 0.1) is 0 Å². The summed E-state index contributed by atoms with van der Waals surface area (Å²) in [6.45, 7) is 0. The number of benzene rings is 1. The molecule has 1 aliphatic heterocycles. The molecule has 0 unspecified atom stereocenters. The minimum atomic E-state index is -1.18. The Labute approximate surface area is 86.4 Å². The van der Waals surface area contributed by atoms with Crippen molar-refractivity contribution >= 4 is 23.5 Å². The summed E-state index contributed by atoms with van der Waals surface area (Å²) >= 11 is -1.18. The van der Waals surface area contributed by atoms with Gasteiger partial charge in [0.1, 0.15) is 0 Å². The molecule has 1 saturated heterocycles. The fraction of sp³-hybridized carbons (Fsp3) is 0.364. The third kappa shape index (κ3) is 2.10. The third-order valence-corrected chi connectivity index (χ3v) is 8.42. The molecule has 1 aromatic carbocycles. The average molecular weight is 287 g/mol. The number of nitrogens with one attached hydrogen (secondary N) is 1. The number of hydrogen-bond acceptors (Lipinski definition) is 1. The monoisotopic (exact) mass is 287 g/mol. The fourth-order valence-corrected chi connectivity index (χ4v) is 7.19. The summed E-state index contributed by atoms with van der Waals surface area (Å²) in [5.74, 6) is 0. The van der Waals surface area contributed by atoms with Gasteiger partial charge in [-0.3, -0.25) is 0 Å². The Kier molecular flexibility index (Phi) is 2.98. The summed E-state index contributed by atoms with van der Waals surface area (Å²) in [6.07, 6.45) is 3.67. The average Bonchev–Trinajstić information content (AvgIpc) is 2.20. The van der Waals surface area contributed by atoms with Crippen molar-refractivity contribution in [2.24, 2.45) is 0 Å². The van der Waals surface area contributed by atoms with Crippen LogP contribution in [0, 0.1) is 8.98 Å². The molecular formula is C11H14IN. The van der Waals surface area contributed by atoms with Crippen molar-refractivity contribution in [2.45, 2.75) is 19.3 Å². The van der Waals surface area contributed by atoms with Crippen LogP contribution in [0.1, 0.15) is 19.3 Å². The molecule has 0 saturated carbocycles. The van der Waals surface area contributed by atoms with Crippen LogP contribution in [0.2, 0.25) is 0 Å². The second kappa shape index (κ2) is 4.22. The Hall–Kier alpha value is -0.380. The Balaban J connectivity index is 2.20. The van der Waals surface area contributed by atoms with Gasteiger partial charge in [0.2, 0.25) is 0 Å². The first kappa shape index (κ1) is 9.19. The zero-order valence-electron chi connectivity index (χ0n) is 7.59. The molecule has 2 heteroatoms. The normalized spacial score (nSPS) is 20.3. The van der Waals surface area contributed by atoms with Crippen LogP contribution >= 0.6 is 19.8 Å². The summed E-state index contributed by atoms with van der Waals surface area (Å²) < 4.78 is 3.89. The van der Waals surface area contributed by atoms with E-state index in [1.165, 1.54) is 20.8 Å². The predicted octanol–water partition coefficient (Wildman–Crippen LogP) is 3.52. The maximum absolute atomic E-state index is 7.95. The van der Waals surface area contributed by atoms with Crippen molar-refractivity contribution in [2.75, 3.05) is 4.43 Å². The van der Waals surface area contributed by atoms with Crippen LogP contribution in [0.15, 0.2) is 30.3 Å². The number of rotatable bonds is 1. The Morgan fingerprint density at radius 1 is 1.08 bits per heavy atom. The van der Waals surface area contributed by atoms with E-state index in [4.69, 9.17) is 5.41 Å². The summed E-state index contributed by atoms with van der Waals surface area (Å²) in [7, 11) is 0. The third-order valence-electron chi connectivity index (χ3n) is 2.24. The van der Waals surface area contributed by atoms with Crippen LogP contribution in [-0.4, -0.2) is 8.15 Å². The van der Waals surface area contributed by atoms with E-state index in [-0.39, 0.29) is 0 Å². The van der Waals surface area contributed by atoms with Gasteiger partial charge in [-0.1, -0.05) is 0 Å². The molecule has 1 aromatic rings. The predicted molar refractivity (Wildman–Crippen MR) is 65.6 cm³/mol. The van der Waals surface area contributed by atoms with Crippen molar-refractivity contribution < 1.29 is 0 Å². The summed E-state index contributed by atoms with van der Waals surface area (Å²) in [5, 5.41) is 7.95. The van der Waals surface area contributed by atoms with E-state index in [1.54, 1.807) is 0 Å². The van der Waals surface area contributed by atoms with E-state index in [9.17, 15) is 0 Å². The molecule has 0 atom stereocenters.